The van der Waals surface area contributed by atoms with E-state index in [0.29, 0.717) is 10.8 Å². The monoisotopic (exact) mass is 407 g/mol. The average molecular weight is 408 g/mol. The zero-order chi connectivity index (χ0) is 22.1. The molecule has 3 nitrogen and oxygen atoms in total. The molecular formula is C26H53N3. The Morgan fingerprint density at radius 3 is 1.55 bits per heavy atom. The molecule has 2 saturated heterocycles. The lowest BCUT2D eigenvalue weighted by atomic mass is 9.64. The first kappa shape index (κ1) is 25.1. The number of hydrogen-bond donors (Lipinski definition) is 0. The average Bonchev–Trinajstić information content (AvgIpc) is 2.60. The van der Waals surface area contributed by atoms with E-state index in [1.807, 2.05) is 0 Å². The molecule has 0 unspecified atom stereocenters. The zero-order valence-electron chi connectivity index (χ0n) is 21.7. The van der Waals surface area contributed by atoms with Crippen molar-refractivity contribution in [3.05, 3.63) is 0 Å². The molecule has 2 fully saturated rings. The summed E-state index contributed by atoms with van der Waals surface area (Å²) in [6.45, 7) is 29.6. The fraction of sp³-hybridized carbons (Fsp3) is 1.00. The number of piperidine rings is 1. The van der Waals surface area contributed by atoms with E-state index in [4.69, 9.17) is 0 Å². The molecule has 0 aromatic carbocycles. The molecule has 2 aliphatic rings. The van der Waals surface area contributed by atoms with Crippen LogP contribution in [0.5, 0.6) is 0 Å². The van der Waals surface area contributed by atoms with Crippen LogP contribution in [0.4, 0.5) is 0 Å². The van der Waals surface area contributed by atoms with Crippen LogP contribution in [-0.2, 0) is 0 Å². The van der Waals surface area contributed by atoms with Gasteiger partial charge in [-0.25, -0.2) is 0 Å². The third-order valence-corrected chi connectivity index (χ3v) is 8.57. The highest BCUT2D eigenvalue weighted by Gasteiger charge is 2.41. The first-order valence-corrected chi connectivity index (χ1v) is 12.4. The summed E-state index contributed by atoms with van der Waals surface area (Å²) in [5.41, 5.74) is 1.46. The van der Waals surface area contributed by atoms with Crippen molar-refractivity contribution in [1.29, 1.82) is 0 Å². The number of likely N-dealkylation sites (tertiary alicyclic amines) is 1. The van der Waals surface area contributed by atoms with Crippen LogP contribution < -0.4 is 0 Å². The molecule has 0 bridgehead atoms. The molecule has 0 spiro atoms. The summed E-state index contributed by atoms with van der Waals surface area (Å²) < 4.78 is 0. The fourth-order valence-corrected chi connectivity index (χ4v) is 6.46. The van der Waals surface area contributed by atoms with Gasteiger partial charge < -0.3 is 4.90 Å². The van der Waals surface area contributed by atoms with E-state index < -0.39 is 0 Å². The molecule has 0 aromatic rings. The van der Waals surface area contributed by atoms with Crippen LogP contribution in [0.25, 0.3) is 0 Å². The van der Waals surface area contributed by atoms with Crippen molar-refractivity contribution in [3.63, 3.8) is 0 Å². The molecule has 0 saturated carbocycles. The molecule has 0 radical (unpaired) electrons. The Balaban J connectivity index is 1.93. The number of hydrogen-bond acceptors (Lipinski definition) is 3. The van der Waals surface area contributed by atoms with E-state index in [0.717, 1.165) is 5.92 Å². The Bertz CT molecular complexity index is 504. The molecule has 0 aromatic heterocycles. The maximum absolute atomic E-state index is 2.81. The Morgan fingerprint density at radius 2 is 1.10 bits per heavy atom. The lowest BCUT2D eigenvalue weighted by Gasteiger charge is -2.52. The highest BCUT2D eigenvalue weighted by Crippen LogP contribution is 2.45. The molecular weight excluding hydrogens is 354 g/mol. The summed E-state index contributed by atoms with van der Waals surface area (Å²) in [6.07, 6.45) is 6.61. The van der Waals surface area contributed by atoms with Crippen LogP contribution in [0.1, 0.15) is 94.4 Å². The Morgan fingerprint density at radius 1 is 0.655 bits per heavy atom. The fourth-order valence-electron chi connectivity index (χ4n) is 6.46. The van der Waals surface area contributed by atoms with Crippen molar-refractivity contribution in [1.82, 2.24) is 14.7 Å². The molecule has 172 valence electrons. The number of likely N-dealkylation sites (N-methyl/N-ethyl adjacent to an activating group) is 1. The van der Waals surface area contributed by atoms with E-state index in [-0.39, 0.29) is 11.1 Å². The molecule has 0 amide bonds. The van der Waals surface area contributed by atoms with Gasteiger partial charge in [0, 0.05) is 37.3 Å². The molecule has 29 heavy (non-hydrogen) atoms. The molecule has 0 N–H and O–H groups in total. The van der Waals surface area contributed by atoms with Gasteiger partial charge in [-0.05, 0) is 90.3 Å². The normalized spacial score (nSPS) is 23.0. The van der Waals surface area contributed by atoms with Gasteiger partial charge in [-0.1, -0.05) is 41.0 Å². The van der Waals surface area contributed by atoms with Gasteiger partial charge in [-0.3, -0.25) is 9.80 Å². The second-order valence-corrected chi connectivity index (χ2v) is 13.0. The minimum Gasteiger partial charge on any atom is -0.304 e. The summed E-state index contributed by atoms with van der Waals surface area (Å²) in [7, 11) is 2.25. The van der Waals surface area contributed by atoms with E-state index in [1.54, 1.807) is 0 Å². The zero-order valence-corrected chi connectivity index (χ0v) is 21.7. The summed E-state index contributed by atoms with van der Waals surface area (Å²) in [5.74, 6) is 0.867. The van der Waals surface area contributed by atoms with Gasteiger partial charge in [0.25, 0.3) is 0 Å². The Kier molecular flexibility index (Phi) is 7.95. The van der Waals surface area contributed by atoms with Crippen molar-refractivity contribution >= 4 is 0 Å². The van der Waals surface area contributed by atoms with Gasteiger partial charge in [-0.15, -0.1) is 0 Å². The summed E-state index contributed by atoms with van der Waals surface area (Å²) in [5, 5.41) is 0. The van der Waals surface area contributed by atoms with Crippen LogP contribution in [0, 0.1) is 16.7 Å². The molecule has 0 atom stereocenters. The van der Waals surface area contributed by atoms with Gasteiger partial charge in [0.2, 0.25) is 0 Å². The van der Waals surface area contributed by atoms with Crippen LogP contribution in [-0.4, -0.2) is 72.1 Å². The molecule has 3 heteroatoms. The van der Waals surface area contributed by atoms with E-state index >= 15 is 0 Å². The smallest absolute Gasteiger partial charge is 0.0171 e. The highest BCUT2D eigenvalue weighted by molar-refractivity contribution is 4.97. The van der Waals surface area contributed by atoms with E-state index in [1.165, 1.54) is 71.4 Å². The highest BCUT2D eigenvalue weighted by atomic mass is 15.3. The first-order valence-electron chi connectivity index (χ1n) is 12.4. The molecule has 2 aliphatic heterocycles. The first-order chi connectivity index (χ1) is 13.2. The Hall–Kier alpha value is -0.120. The minimum absolute atomic E-state index is 0.269. The van der Waals surface area contributed by atoms with Crippen LogP contribution in [0.3, 0.4) is 0 Å². The standard InChI is InChI=1S/C26H53N3/c1-11-23(2,3)20-24(4,5)22-12-14-28(15-13-22)25(6,7)21-26(8,9)29-18-16-27(10)17-19-29/h22H,11-21H2,1-10H3. The molecule has 2 rings (SSSR count). The third-order valence-electron chi connectivity index (χ3n) is 8.57. The largest absolute Gasteiger partial charge is 0.304 e. The van der Waals surface area contributed by atoms with Gasteiger partial charge >= 0.3 is 0 Å². The topological polar surface area (TPSA) is 9.72 Å². The predicted octanol–water partition coefficient (Wildman–Crippen LogP) is 5.75. The van der Waals surface area contributed by atoms with Crippen molar-refractivity contribution < 1.29 is 0 Å². The minimum atomic E-state index is 0.269. The van der Waals surface area contributed by atoms with Gasteiger partial charge in [-0.2, -0.15) is 0 Å². The Labute approximate surface area is 183 Å². The van der Waals surface area contributed by atoms with Crippen molar-refractivity contribution in [2.45, 2.75) is 105 Å². The lowest BCUT2D eigenvalue weighted by Crippen LogP contribution is -2.59. The SMILES string of the molecule is CCC(C)(C)CC(C)(C)C1CCN(C(C)(C)CC(C)(C)N2CCN(C)CC2)CC1. The molecule has 0 aliphatic carbocycles. The third kappa shape index (κ3) is 6.68. The summed E-state index contributed by atoms with van der Waals surface area (Å²) in [4.78, 5) is 8.00. The summed E-state index contributed by atoms with van der Waals surface area (Å²) in [6, 6.07) is 0. The second-order valence-electron chi connectivity index (χ2n) is 13.0. The number of piperazine rings is 1. The maximum Gasteiger partial charge on any atom is 0.0171 e. The lowest BCUT2D eigenvalue weighted by molar-refractivity contribution is -0.0181. The van der Waals surface area contributed by atoms with Gasteiger partial charge in [0.1, 0.15) is 0 Å². The van der Waals surface area contributed by atoms with Crippen LogP contribution in [0.15, 0.2) is 0 Å². The van der Waals surface area contributed by atoms with E-state index in [2.05, 4.69) is 84.1 Å². The quantitative estimate of drug-likeness (QED) is 0.507. The van der Waals surface area contributed by atoms with Gasteiger partial charge in [0.15, 0.2) is 0 Å². The maximum atomic E-state index is 2.81. The number of nitrogens with zero attached hydrogens (tertiary/aromatic N) is 3. The van der Waals surface area contributed by atoms with Gasteiger partial charge in [0.05, 0.1) is 0 Å². The van der Waals surface area contributed by atoms with E-state index in [9.17, 15) is 0 Å². The van der Waals surface area contributed by atoms with Crippen molar-refractivity contribution in [3.8, 4) is 0 Å². The van der Waals surface area contributed by atoms with Crippen molar-refractivity contribution in [2.75, 3.05) is 46.3 Å². The van der Waals surface area contributed by atoms with Crippen molar-refractivity contribution in [2.24, 2.45) is 16.7 Å². The summed E-state index contributed by atoms with van der Waals surface area (Å²) >= 11 is 0. The molecule has 2 heterocycles. The predicted molar refractivity (Wildman–Crippen MR) is 129 cm³/mol. The van der Waals surface area contributed by atoms with Crippen LogP contribution in [0.2, 0.25) is 0 Å². The number of rotatable bonds is 8. The second kappa shape index (κ2) is 9.17. The van der Waals surface area contributed by atoms with Crippen LogP contribution >= 0.6 is 0 Å².